The number of nitrogens with one attached hydrogen (secondary N) is 1. The number of carbonyl (C=O) groups excluding carboxylic acids is 1. The Morgan fingerprint density at radius 1 is 1.55 bits per heavy atom. The third-order valence-corrected chi connectivity index (χ3v) is 3.61. The van der Waals surface area contributed by atoms with E-state index >= 15 is 0 Å². The highest BCUT2D eigenvalue weighted by atomic mass is 16.3. The van der Waals surface area contributed by atoms with Gasteiger partial charge >= 0.3 is 0 Å². The molecule has 114 valence electrons. The first-order chi connectivity index (χ1) is 10.6. The number of hydrogen-bond donors (Lipinski definition) is 3. The molecule has 3 rings (SSSR count). The maximum Gasteiger partial charge on any atom is 0.248 e. The number of allylic oxidation sites excluding steroid dienone is 1. The van der Waals surface area contributed by atoms with Gasteiger partial charge in [0, 0.05) is 12.5 Å². The quantitative estimate of drug-likeness (QED) is 0.563. The molecule has 2 aromatic rings. The van der Waals surface area contributed by atoms with Crippen molar-refractivity contribution in [2.45, 2.75) is 12.5 Å². The molecule has 0 aliphatic heterocycles. The number of amides is 1. The molecule has 0 unspecified atom stereocenters. The van der Waals surface area contributed by atoms with Gasteiger partial charge in [0.15, 0.2) is 17.0 Å². The standard InChI is InChI=1S/C14H16N6O2/c1-2-10(22)17-12-11-13(19-14(15)18-12)20(7-16-11)9-4-3-8(5-9)6-21/h2-4,7-9,21H,1,5-6H2,(H3,15,17,18,19,22)/t8-,9+/m1/s1. The zero-order valence-electron chi connectivity index (χ0n) is 11.8. The molecule has 8 heteroatoms. The van der Waals surface area contributed by atoms with E-state index in [0.717, 1.165) is 12.5 Å². The second-order valence-electron chi connectivity index (χ2n) is 5.08. The number of nitrogens with two attached hydrogens (primary N) is 1. The molecule has 0 saturated carbocycles. The molecule has 2 heterocycles. The van der Waals surface area contributed by atoms with E-state index in [9.17, 15) is 9.90 Å². The zero-order chi connectivity index (χ0) is 15.7. The van der Waals surface area contributed by atoms with Crippen LogP contribution in [-0.2, 0) is 4.79 Å². The number of imidazole rings is 1. The van der Waals surface area contributed by atoms with Crippen molar-refractivity contribution in [3.05, 3.63) is 31.1 Å². The van der Waals surface area contributed by atoms with Gasteiger partial charge in [-0.2, -0.15) is 9.97 Å². The second-order valence-corrected chi connectivity index (χ2v) is 5.08. The van der Waals surface area contributed by atoms with Crippen LogP contribution in [0.3, 0.4) is 0 Å². The summed E-state index contributed by atoms with van der Waals surface area (Å²) in [5.74, 6) is 0.0396. The van der Waals surface area contributed by atoms with Gasteiger partial charge in [0.25, 0.3) is 0 Å². The molecular formula is C14H16N6O2. The SMILES string of the molecule is C=CC(=O)Nc1nc(N)nc2c1ncn2[C@H]1C=C[C@@H](CO)C1. The maximum atomic E-state index is 11.5. The Morgan fingerprint density at radius 3 is 3.05 bits per heavy atom. The van der Waals surface area contributed by atoms with Crippen LogP contribution in [0.25, 0.3) is 11.2 Å². The van der Waals surface area contributed by atoms with Crippen LogP contribution in [-0.4, -0.2) is 37.1 Å². The molecule has 2 aromatic heterocycles. The molecule has 1 aliphatic rings. The first kappa shape index (κ1) is 14.2. The summed E-state index contributed by atoms with van der Waals surface area (Å²) >= 11 is 0. The molecule has 0 radical (unpaired) electrons. The van der Waals surface area contributed by atoms with Crippen LogP contribution < -0.4 is 11.1 Å². The number of nitrogen functional groups attached to an aromatic ring is 1. The van der Waals surface area contributed by atoms with E-state index in [-0.39, 0.29) is 30.3 Å². The lowest BCUT2D eigenvalue weighted by Gasteiger charge is -2.13. The largest absolute Gasteiger partial charge is 0.396 e. The van der Waals surface area contributed by atoms with E-state index < -0.39 is 5.91 Å². The lowest BCUT2D eigenvalue weighted by Crippen LogP contribution is -2.12. The number of anilines is 2. The Labute approximate surface area is 126 Å². The summed E-state index contributed by atoms with van der Waals surface area (Å²) in [5, 5.41) is 11.8. The lowest BCUT2D eigenvalue weighted by molar-refractivity contribution is -0.111. The van der Waals surface area contributed by atoms with Crippen molar-refractivity contribution in [1.29, 1.82) is 0 Å². The predicted octanol–water partition coefficient (Wildman–Crippen LogP) is 0.642. The smallest absolute Gasteiger partial charge is 0.248 e. The van der Waals surface area contributed by atoms with Crippen molar-refractivity contribution in [2.75, 3.05) is 17.7 Å². The number of fused-ring (bicyclic) bond motifs is 1. The van der Waals surface area contributed by atoms with Gasteiger partial charge in [0.2, 0.25) is 11.9 Å². The Bertz CT molecular complexity index is 766. The minimum absolute atomic E-state index is 0.0411. The van der Waals surface area contributed by atoms with Gasteiger partial charge in [0.1, 0.15) is 0 Å². The van der Waals surface area contributed by atoms with Crippen LogP contribution in [0.4, 0.5) is 11.8 Å². The number of aromatic nitrogens is 4. The van der Waals surface area contributed by atoms with E-state index in [2.05, 4.69) is 26.8 Å². The van der Waals surface area contributed by atoms with Crippen LogP contribution in [0.1, 0.15) is 12.5 Å². The van der Waals surface area contributed by atoms with E-state index in [1.165, 1.54) is 0 Å². The maximum absolute atomic E-state index is 11.5. The van der Waals surface area contributed by atoms with Crippen LogP contribution in [0.2, 0.25) is 0 Å². The monoisotopic (exact) mass is 300 g/mol. The van der Waals surface area contributed by atoms with E-state index in [1.54, 1.807) is 6.33 Å². The fourth-order valence-corrected chi connectivity index (χ4v) is 2.53. The average Bonchev–Trinajstić information content (AvgIpc) is 3.12. The van der Waals surface area contributed by atoms with Crippen LogP contribution in [0.5, 0.6) is 0 Å². The number of hydrogen-bond acceptors (Lipinski definition) is 6. The number of aliphatic hydroxyl groups is 1. The first-order valence-electron chi connectivity index (χ1n) is 6.85. The van der Waals surface area contributed by atoms with Crippen LogP contribution >= 0.6 is 0 Å². The molecule has 4 N–H and O–H groups in total. The van der Waals surface area contributed by atoms with Gasteiger partial charge in [-0.25, -0.2) is 4.98 Å². The highest BCUT2D eigenvalue weighted by Gasteiger charge is 2.23. The number of rotatable bonds is 4. The van der Waals surface area contributed by atoms with E-state index in [4.69, 9.17) is 5.73 Å². The van der Waals surface area contributed by atoms with Gasteiger partial charge in [-0.1, -0.05) is 18.7 Å². The normalized spacial score (nSPS) is 20.4. The number of carbonyl (C=O) groups is 1. The van der Waals surface area contributed by atoms with Crippen molar-refractivity contribution >= 4 is 28.8 Å². The Morgan fingerprint density at radius 2 is 2.36 bits per heavy atom. The molecule has 0 fully saturated rings. The minimum Gasteiger partial charge on any atom is -0.396 e. The molecular weight excluding hydrogens is 284 g/mol. The average molecular weight is 300 g/mol. The minimum atomic E-state index is -0.393. The van der Waals surface area contributed by atoms with Gasteiger partial charge in [-0.15, -0.1) is 0 Å². The van der Waals surface area contributed by atoms with Gasteiger partial charge in [0.05, 0.1) is 12.4 Å². The summed E-state index contributed by atoms with van der Waals surface area (Å²) in [6, 6.07) is 0.0411. The van der Waals surface area contributed by atoms with Crippen molar-refractivity contribution in [3.8, 4) is 0 Å². The third kappa shape index (κ3) is 2.44. The van der Waals surface area contributed by atoms with Crippen molar-refractivity contribution < 1.29 is 9.90 Å². The van der Waals surface area contributed by atoms with Gasteiger partial charge in [-0.3, -0.25) is 4.79 Å². The summed E-state index contributed by atoms with van der Waals surface area (Å²) in [6.07, 6.45) is 7.52. The molecule has 1 amide bonds. The molecule has 0 spiro atoms. The predicted molar refractivity (Wildman–Crippen MR) is 81.9 cm³/mol. The summed E-state index contributed by atoms with van der Waals surface area (Å²) in [4.78, 5) is 24.0. The van der Waals surface area contributed by atoms with Crippen molar-refractivity contribution in [1.82, 2.24) is 19.5 Å². The molecule has 0 saturated heterocycles. The first-order valence-corrected chi connectivity index (χ1v) is 6.85. The van der Waals surface area contributed by atoms with E-state index in [0.29, 0.717) is 11.2 Å². The summed E-state index contributed by atoms with van der Waals surface area (Å²) in [6.45, 7) is 3.51. The summed E-state index contributed by atoms with van der Waals surface area (Å²) < 4.78 is 1.86. The zero-order valence-corrected chi connectivity index (χ0v) is 11.8. The highest BCUT2D eigenvalue weighted by molar-refractivity contribution is 6.02. The molecule has 2 atom stereocenters. The van der Waals surface area contributed by atoms with Gasteiger partial charge < -0.3 is 20.7 Å². The highest BCUT2D eigenvalue weighted by Crippen LogP contribution is 2.31. The molecule has 1 aliphatic carbocycles. The second kappa shape index (κ2) is 5.57. The third-order valence-electron chi connectivity index (χ3n) is 3.61. The Balaban J connectivity index is 2.02. The van der Waals surface area contributed by atoms with Gasteiger partial charge in [-0.05, 0) is 12.5 Å². The van der Waals surface area contributed by atoms with Crippen molar-refractivity contribution in [2.24, 2.45) is 5.92 Å². The Hall–Kier alpha value is -2.74. The summed E-state index contributed by atoms with van der Waals surface area (Å²) in [7, 11) is 0. The molecule has 22 heavy (non-hydrogen) atoms. The topological polar surface area (TPSA) is 119 Å². The van der Waals surface area contributed by atoms with Crippen LogP contribution in [0.15, 0.2) is 31.1 Å². The molecule has 0 bridgehead atoms. The lowest BCUT2D eigenvalue weighted by atomic mass is 10.1. The molecule has 8 nitrogen and oxygen atoms in total. The van der Waals surface area contributed by atoms with Crippen molar-refractivity contribution in [3.63, 3.8) is 0 Å². The molecule has 0 aromatic carbocycles. The number of nitrogens with zero attached hydrogens (tertiary/aromatic N) is 4. The van der Waals surface area contributed by atoms with E-state index in [1.807, 2.05) is 16.7 Å². The fourth-order valence-electron chi connectivity index (χ4n) is 2.53. The summed E-state index contributed by atoms with van der Waals surface area (Å²) in [5.41, 5.74) is 6.73. The fraction of sp³-hybridized carbons (Fsp3) is 0.286. The Kier molecular flexibility index (Phi) is 3.60. The van der Waals surface area contributed by atoms with Crippen LogP contribution in [0, 0.1) is 5.92 Å². The number of aliphatic hydroxyl groups excluding tert-OH is 1.